The Morgan fingerprint density at radius 1 is 1.67 bits per heavy atom. The van der Waals surface area contributed by atoms with E-state index >= 15 is 0 Å². The third-order valence-electron chi connectivity index (χ3n) is 1.61. The summed E-state index contributed by atoms with van der Waals surface area (Å²) < 4.78 is 1.67. The van der Waals surface area contributed by atoms with Gasteiger partial charge in [0.05, 0.1) is 5.69 Å². The second-order valence-electron chi connectivity index (χ2n) is 2.94. The van der Waals surface area contributed by atoms with E-state index in [0.717, 1.165) is 18.5 Å². The lowest BCUT2D eigenvalue weighted by molar-refractivity contribution is -0.117. The molecule has 0 aliphatic rings. The smallest absolute Gasteiger partial charge is 0.129 e. The fraction of sp³-hybridized carbons (Fsp3) is 0.625. The normalized spacial score (nSPS) is 10.2. The molecule has 1 aromatic rings. The Kier molecular flexibility index (Phi) is 2.96. The minimum Gasteiger partial charge on any atom is -0.300 e. The summed E-state index contributed by atoms with van der Waals surface area (Å²) in [6.07, 6.45) is 4.22. The van der Waals surface area contributed by atoms with Gasteiger partial charge < -0.3 is 4.79 Å². The summed E-state index contributed by atoms with van der Waals surface area (Å²) in [6.45, 7) is 1.61. The lowest BCUT2D eigenvalue weighted by atomic mass is 10.1. The summed E-state index contributed by atoms with van der Waals surface area (Å²) in [5.41, 5.74) is 0.957. The number of nitrogens with zero attached hydrogens (tertiary/aromatic N) is 3. The molecule has 0 atom stereocenters. The van der Waals surface area contributed by atoms with Gasteiger partial charge in [-0.3, -0.25) is 4.68 Å². The number of hydrogen-bond donors (Lipinski definition) is 0. The maximum absolute atomic E-state index is 10.6. The van der Waals surface area contributed by atoms with Crippen LogP contribution in [-0.2, 0) is 18.3 Å². The van der Waals surface area contributed by atoms with Gasteiger partial charge in [-0.15, -0.1) is 5.10 Å². The molecule has 0 aliphatic carbocycles. The molecule has 0 aromatic carbocycles. The molecule has 4 nitrogen and oxygen atoms in total. The van der Waals surface area contributed by atoms with Crippen LogP contribution in [0.5, 0.6) is 0 Å². The van der Waals surface area contributed by atoms with Crippen LogP contribution < -0.4 is 0 Å². The maximum Gasteiger partial charge on any atom is 0.129 e. The summed E-state index contributed by atoms with van der Waals surface area (Å²) in [5, 5.41) is 7.71. The third kappa shape index (κ3) is 2.82. The molecule has 1 rings (SSSR count). The summed E-state index contributed by atoms with van der Waals surface area (Å²) >= 11 is 0. The monoisotopic (exact) mass is 167 g/mol. The van der Waals surface area contributed by atoms with Crippen molar-refractivity contribution in [1.82, 2.24) is 15.0 Å². The van der Waals surface area contributed by atoms with Crippen LogP contribution in [-0.4, -0.2) is 20.8 Å². The van der Waals surface area contributed by atoms with E-state index in [0.29, 0.717) is 6.42 Å². The molecule has 0 amide bonds. The molecule has 66 valence electrons. The topological polar surface area (TPSA) is 47.8 Å². The Morgan fingerprint density at radius 2 is 2.42 bits per heavy atom. The van der Waals surface area contributed by atoms with Crippen LogP contribution in [0.2, 0.25) is 0 Å². The van der Waals surface area contributed by atoms with Gasteiger partial charge in [0.2, 0.25) is 0 Å². The van der Waals surface area contributed by atoms with Crippen molar-refractivity contribution in [3.8, 4) is 0 Å². The van der Waals surface area contributed by atoms with E-state index in [1.165, 1.54) is 0 Å². The van der Waals surface area contributed by atoms with Crippen molar-refractivity contribution in [1.29, 1.82) is 0 Å². The number of Topliss-reactive ketones (excluding diaryl/α,β-unsaturated/α-hetero) is 1. The van der Waals surface area contributed by atoms with Crippen LogP contribution in [0.25, 0.3) is 0 Å². The molecule has 4 heteroatoms. The van der Waals surface area contributed by atoms with Crippen LogP contribution in [0.15, 0.2) is 6.20 Å². The summed E-state index contributed by atoms with van der Waals surface area (Å²) in [4.78, 5) is 10.6. The van der Waals surface area contributed by atoms with E-state index < -0.39 is 0 Å². The van der Waals surface area contributed by atoms with E-state index in [1.54, 1.807) is 11.6 Å². The fourth-order valence-electron chi connectivity index (χ4n) is 1.03. The first kappa shape index (κ1) is 8.90. The molecule has 0 spiro atoms. The first-order valence-corrected chi connectivity index (χ1v) is 4.03. The minimum absolute atomic E-state index is 0.235. The minimum atomic E-state index is 0.235. The van der Waals surface area contributed by atoms with Crippen LogP contribution in [0.3, 0.4) is 0 Å². The number of carbonyl (C=O) groups excluding carboxylic acids is 1. The lowest BCUT2D eigenvalue weighted by Gasteiger charge is -1.92. The lowest BCUT2D eigenvalue weighted by Crippen LogP contribution is -1.92. The number of ketones is 1. The van der Waals surface area contributed by atoms with Crippen molar-refractivity contribution in [2.45, 2.75) is 26.2 Å². The predicted octanol–water partition coefficient (Wildman–Crippen LogP) is 0.727. The third-order valence-corrected chi connectivity index (χ3v) is 1.61. The zero-order valence-electron chi connectivity index (χ0n) is 7.45. The van der Waals surface area contributed by atoms with Gasteiger partial charge in [-0.1, -0.05) is 5.21 Å². The highest BCUT2D eigenvalue weighted by Gasteiger charge is 1.99. The van der Waals surface area contributed by atoms with E-state index in [-0.39, 0.29) is 5.78 Å². The molecule has 1 aromatic heterocycles. The van der Waals surface area contributed by atoms with Gasteiger partial charge in [-0.25, -0.2) is 0 Å². The SMILES string of the molecule is CC(=O)CCCc1cn(C)nn1. The van der Waals surface area contributed by atoms with E-state index in [9.17, 15) is 4.79 Å². The van der Waals surface area contributed by atoms with Crippen LogP contribution >= 0.6 is 0 Å². The van der Waals surface area contributed by atoms with E-state index in [4.69, 9.17) is 0 Å². The molecular formula is C8H13N3O. The fourth-order valence-corrected chi connectivity index (χ4v) is 1.03. The molecule has 0 saturated carbocycles. The molecule has 0 bridgehead atoms. The van der Waals surface area contributed by atoms with Crippen molar-refractivity contribution >= 4 is 5.78 Å². The summed E-state index contributed by atoms with van der Waals surface area (Å²) in [7, 11) is 1.83. The molecule has 1 heterocycles. The van der Waals surface area contributed by atoms with Crippen molar-refractivity contribution < 1.29 is 4.79 Å². The van der Waals surface area contributed by atoms with Crippen LogP contribution in [0, 0.1) is 0 Å². The van der Waals surface area contributed by atoms with Gasteiger partial charge in [-0.05, 0) is 19.8 Å². The second kappa shape index (κ2) is 3.99. The second-order valence-corrected chi connectivity index (χ2v) is 2.94. The number of aromatic nitrogens is 3. The zero-order chi connectivity index (χ0) is 8.97. The first-order valence-electron chi connectivity index (χ1n) is 4.03. The van der Waals surface area contributed by atoms with Gasteiger partial charge in [0.1, 0.15) is 5.78 Å². The number of carbonyl (C=O) groups is 1. The Morgan fingerprint density at radius 3 is 2.92 bits per heavy atom. The summed E-state index contributed by atoms with van der Waals surface area (Å²) in [5.74, 6) is 0.235. The van der Waals surface area contributed by atoms with Gasteiger partial charge in [0, 0.05) is 19.7 Å². The highest BCUT2D eigenvalue weighted by atomic mass is 16.1. The number of aryl methyl sites for hydroxylation is 2. The molecule has 0 fully saturated rings. The maximum atomic E-state index is 10.6. The predicted molar refractivity (Wildman–Crippen MR) is 44.6 cm³/mol. The van der Waals surface area contributed by atoms with Crippen molar-refractivity contribution in [3.63, 3.8) is 0 Å². The Hall–Kier alpha value is -1.19. The molecular weight excluding hydrogens is 154 g/mol. The average Bonchev–Trinajstić information content (AvgIpc) is 2.35. The number of hydrogen-bond acceptors (Lipinski definition) is 3. The van der Waals surface area contributed by atoms with Crippen molar-refractivity contribution in [2.24, 2.45) is 7.05 Å². The molecule has 0 N–H and O–H groups in total. The van der Waals surface area contributed by atoms with E-state index in [2.05, 4.69) is 10.3 Å². The molecule has 0 radical (unpaired) electrons. The van der Waals surface area contributed by atoms with Gasteiger partial charge in [0.25, 0.3) is 0 Å². The van der Waals surface area contributed by atoms with Crippen LogP contribution in [0.4, 0.5) is 0 Å². The van der Waals surface area contributed by atoms with Crippen molar-refractivity contribution in [2.75, 3.05) is 0 Å². The number of rotatable bonds is 4. The van der Waals surface area contributed by atoms with Gasteiger partial charge in [-0.2, -0.15) is 0 Å². The van der Waals surface area contributed by atoms with Gasteiger partial charge in [0.15, 0.2) is 0 Å². The Bertz CT molecular complexity index is 267. The van der Waals surface area contributed by atoms with Crippen LogP contribution in [0.1, 0.15) is 25.5 Å². The standard InChI is InChI=1S/C8H13N3O/c1-7(12)4-3-5-8-6-11(2)10-9-8/h6H,3-5H2,1-2H3. The Labute approximate surface area is 71.6 Å². The Balaban J connectivity index is 2.29. The van der Waals surface area contributed by atoms with Gasteiger partial charge >= 0.3 is 0 Å². The molecule has 0 unspecified atom stereocenters. The average molecular weight is 167 g/mol. The van der Waals surface area contributed by atoms with Crippen molar-refractivity contribution in [3.05, 3.63) is 11.9 Å². The highest BCUT2D eigenvalue weighted by molar-refractivity contribution is 5.75. The molecule has 0 saturated heterocycles. The highest BCUT2D eigenvalue weighted by Crippen LogP contribution is 2.00. The molecule has 12 heavy (non-hydrogen) atoms. The summed E-state index contributed by atoms with van der Waals surface area (Å²) in [6, 6.07) is 0. The molecule has 0 aliphatic heterocycles. The largest absolute Gasteiger partial charge is 0.300 e. The van der Waals surface area contributed by atoms with E-state index in [1.807, 2.05) is 13.2 Å². The quantitative estimate of drug-likeness (QED) is 0.664. The zero-order valence-corrected chi connectivity index (χ0v) is 7.45. The first-order chi connectivity index (χ1) is 5.68.